The van der Waals surface area contributed by atoms with Crippen molar-refractivity contribution in [3.05, 3.63) is 35.2 Å². The van der Waals surface area contributed by atoms with E-state index in [2.05, 4.69) is 31.0 Å². The number of rotatable bonds is 6. The number of nitrogens with one attached hydrogen (secondary N) is 1. The number of ether oxygens (including phenoxy) is 1. The Hall–Kier alpha value is -3.12. The van der Waals surface area contributed by atoms with Crippen LogP contribution in [0.4, 0.5) is 5.82 Å². The van der Waals surface area contributed by atoms with E-state index in [1.165, 1.54) is 4.88 Å². The zero-order valence-electron chi connectivity index (χ0n) is 21.2. The van der Waals surface area contributed by atoms with Crippen LogP contribution in [0.5, 0.6) is 0 Å². The summed E-state index contributed by atoms with van der Waals surface area (Å²) in [7, 11) is 0. The summed E-state index contributed by atoms with van der Waals surface area (Å²) in [5, 5.41) is 8.69. The van der Waals surface area contributed by atoms with E-state index in [1.54, 1.807) is 11.3 Å². The number of morpholine rings is 1. The molecule has 2 aliphatic heterocycles. The summed E-state index contributed by atoms with van der Waals surface area (Å²) in [4.78, 5) is 30.1. The van der Waals surface area contributed by atoms with E-state index in [0.717, 1.165) is 78.4 Å². The molecule has 0 aliphatic carbocycles. The molecule has 3 aromatic heterocycles. The summed E-state index contributed by atoms with van der Waals surface area (Å²) in [6.45, 7) is 11.0. The third-order valence-electron chi connectivity index (χ3n) is 7.54. The number of aromatic amines is 1. The Labute approximate surface area is 219 Å². The van der Waals surface area contributed by atoms with Gasteiger partial charge in [0.25, 0.3) is 0 Å². The summed E-state index contributed by atoms with van der Waals surface area (Å²) < 4.78 is 6.71. The molecular formula is C26H32N8O2S. The molecule has 0 radical (unpaired) electrons. The SMILES string of the molecule is CC(C)(C(N)=O)N1CCN(Cc2cc3nc(-c4n[nH]c5ccccc45)nc(N4CCOCC4)c3s2)CC1. The number of fused-ring (bicyclic) bond motifs is 2. The van der Waals surface area contributed by atoms with Crippen LogP contribution in [0, 0.1) is 0 Å². The quantitative estimate of drug-likeness (QED) is 0.398. The van der Waals surface area contributed by atoms with Crippen molar-refractivity contribution in [2.45, 2.75) is 25.9 Å². The number of carbonyl (C=O) groups excluding carboxylic acids is 1. The second-order valence-electron chi connectivity index (χ2n) is 10.2. The van der Waals surface area contributed by atoms with Crippen molar-refractivity contribution in [3.8, 4) is 11.5 Å². The fraction of sp³-hybridized carbons (Fsp3) is 0.462. The number of carbonyl (C=O) groups is 1. The molecule has 4 aromatic rings. The van der Waals surface area contributed by atoms with Crippen LogP contribution >= 0.6 is 11.3 Å². The van der Waals surface area contributed by atoms with Crippen molar-refractivity contribution in [1.82, 2.24) is 30.0 Å². The normalized spacial score (nSPS) is 18.2. The smallest absolute Gasteiger partial charge is 0.237 e. The number of hydrogen-bond donors (Lipinski definition) is 2. The molecule has 3 N–H and O–H groups in total. The fourth-order valence-corrected chi connectivity index (χ4v) is 6.27. The Morgan fingerprint density at radius 2 is 1.86 bits per heavy atom. The molecule has 10 nitrogen and oxygen atoms in total. The standard InChI is InChI=1S/C26H32N8O2S/c1-26(2,25(27)35)34-9-7-32(8-10-34)16-17-15-20-22(37-17)24(33-11-13-36-14-12-33)29-23(28-20)21-18-5-3-4-6-19(18)30-31-21/h3-6,15H,7-14,16H2,1-2H3,(H2,27,35)(H,30,31). The van der Waals surface area contributed by atoms with Crippen LogP contribution in [0.15, 0.2) is 30.3 Å². The molecule has 2 fully saturated rings. The number of amides is 1. The number of nitrogens with zero attached hydrogens (tertiary/aromatic N) is 6. The van der Waals surface area contributed by atoms with E-state index in [-0.39, 0.29) is 5.91 Å². The van der Waals surface area contributed by atoms with Gasteiger partial charge >= 0.3 is 0 Å². The lowest BCUT2D eigenvalue weighted by Crippen LogP contribution is -2.59. The molecule has 11 heteroatoms. The molecule has 1 aromatic carbocycles. The van der Waals surface area contributed by atoms with Crippen LogP contribution in [-0.2, 0) is 16.1 Å². The van der Waals surface area contributed by atoms with Gasteiger partial charge in [-0.15, -0.1) is 11.3 Å². The van der Waals surface area contributed by atoms with Gasteiger partial charge in [0.15, 0.2) is 11.6 Å². The van der Waals surface area contributed by atoms with Crippen molar-refractivity contribution < 1.29 is 9.53 Å². The molecule has 2 saturated heterocycles. The molecule has 2 aliphatic rings. The van der Waals surface area contributed by atoms with Gasteiger partial charge in [-0.3, -0.25) is 19.7 Å². The predicted molar refractivity (Wildman–Crippen MR) is 146 cm³/mol. The van der Waals surface area contributed by atoms with E-state index in [0.29, 0.717) is 19.0 Å². The second kappa shape index (κ2) is 9.64. The Morgan fingerprint density at radius 3 is 2.62 bits per heavy atom. The predicted octanol–water partition coefficient (Wildman–Crippen LogP) is 2.45. The Balaban J connectivity index is 1.30. The number of piperazine rings is 1. The van der Waals surface area contributed by atoms with Gasteiger partial charge in [-0.1, -0.05) is 18.2 Å². The third kappa shape index (κ3) is 4.56. The van der Waals surface area contributed by atoms with Crippen LogP contribution in [0.25, 0.3) is 32.6 Å². The molecule has 1 amide bonds. The molecule has 0 unspecified atom stereocenters. The van der Waals surface area contributed by atoms with Crippen LogP contribution in [0.3, 0.4) is 0 Å². The average Bonchev–Trinajstić information content (AvgIpc) is 3.52. The first-order chi connectivity index (χ1) is 17.9. The fourth-order valence-electron chi connectivity index (χ4n) is 5.11. The molecule has 37 heavy (non-hydrogen) atoms. The van der Waals surface area contributed by atoms with Crippen molar-refractivity contribution >= 4 is 44.2 Å². The summed E-state index contributed by atoms with van der Waals surface area (Å²) in [6, 6.07) is 10.3. The van der Waals surface area contributed by atoms with E-state index in [9.17, 15) is 4.79 Å². The Morgan fingerprint density at radius 1 is 1.11 bits per heavy atom. The number of benzene rings is 1. The van der Waals surface area contributed by atoms with Gasteiger partial charge in [0.1, 0.15) is 5.69 Å². The molecule has 194 valence electrons. The minimum absolute atomic E-state index is 0.278. The second-order valence-corrected chi connectivity index (χ2v) is 11.3. The van der Waals surface area contributed by atoms with Crippen molar-refractivity contribution in [2.24, 2.45) is 5.73 Å². The number of anilines is 1. The van der Waals surface area contributed by atoms with Gasteiger partial charge in [0.2, 0.25) is 5.91 Å². The topological polar surface area (TPSA) is 117 Å². The van der Waals surface area contributed by atoms with Gasteiger partial charge in [0.05, 0.1) is 34.5 Å². The number of aromatic nitrogens is 4. The molecule has 0 bridgehead atoms. The molecule has 0 spiro atoms. The van der Waals surface area contributed by atoms with Gasteiger partial charge in [-0.25, -0.2) is 9.97 Å². The molecule has 0 atom stereocenters. The third-order valence-corrected chi connectivity index (χ3v) is 8.65. The highest BCUT2D eigenvalue weighted by atomic mass is 32.1. The number of thiophene rings is 1. The maximum Gasteiger partial charge on any atom is 0.237 e. The number of primary amides is 1. The highest BCUT2D eigenvalue weighted by Crippen LogP contribution is 2.36. The first kappa shape index (κ1) is 24.2. The number of nitrogens with two attached hydrogens (primary N) is 1. The van der Waals surface area contributed by atoms with E-state index >= 15 is 0 Å². The summed E-state index contributed by atoms with van der Waals surface area (Å²) in [5.74, 6) is 1.32. The zero-order chi connectivity index (χ0) is 25.6. The van der Waals surface area contributed by atoms with Crippen molar-refractivity contribution in [2.75, 3.05) is 57.4 Å². The molecule has 0 saturated carbocycles. The number of hydrogen-bond acceptors (Lipinski definition) is 9. The molecular weight excluding hydrogens is 488 g/mol. The molecule has 6 rings (SSSR count). The highest BCUT2D eigenvalue weighted by molar-refractivity contribution is 7.19. The van der Waals surface area contributed by atoms with Crippen LogP contribution in [0.2, 0.25) is 0 Å². The summed E-state index contributed by atoms with van der Waals surface area (Å²) in [6.07, 6.45) is 0. The van der Waals surface area contributed by atoms with Gasteiger partial charge in [-0.2, -0.15) is 5.10 Å². The Kier molecular flexibility index (Phi) is 6.31. The first-order valence-corrected chi connectivity index (χ1v) is 13.6. The van der Waals surface area contributed by atoms with Gasteiger partial charge in [-0.05, 0) is 26.0 Å². The van der Waals surface area contributed by atoms with Crippen molar-refractivity contribution in [3.63, 3.8) is 0 Å². The lowest BCUT2D eigenvalue weighted by Gasteiger charge is -2.42. The van der Waals surface area contributed by atoms with Crippen LogP contribution in [-0.4, -0.2) is 93.9 Å². The molecule has 5 heterocycles. The summed E-state index contributed by atoms with van der Waals surface area (Å²) in [5.41, 5.74) is 7.70. The maximum atomic E-state index is 11.9. The lowest BCUT2D eigenvalue weighted by atomic mass is 10.0. The van der Waals surface area contributed by atoms with Crippen LogP contribution in [0.1, 0.15) is 18.7 Å². The maximum absolute atomic E-state index is 11.9. The minimum atomic E-state index is -0.626. The van der Waals surface area contributed by atoms with E-state index < -0.39 is 5.54 Å². The largest absolute Gasteiger partial charge is 0.378 e. The van der Waals surface area contributed by atoms with E-state index in [4.69, 9.17) is 20.4 Å². The monoisotopic (exact) mass is 520 g/mol. The average molecular weight is 521 g/mol. The van der Waals surface area contributed by atoms with Gasteiger partial charge in [0, 0.05) is 56.1 Å². The zero-order valence-corrected chi connectivity index (χ0v) is 22.1. The highest BCUT2D eigenvalue weighted by Gasteiger charge is 2.34. The Bertz CT molecular complexity index is 1430. The minimum Gasteiger partial charge on any atom is -0.378 e. The number of H-pyrrole nitrogens is 1. The van der Waals surface area contributed by atoms with Crippen molar-refractivity contribution in [1.29, 1.82) is 0 Å². The van der Waals surface area contributed by atoms with E-state index in [1.807, 2.05) is 38.1 Å². The number of para-hydroxylation sites is 1. The van der Waals surface area contributed by atoms with Gasteiger partial charge < -0.3 is 15.4 Å². The van der Waals surface area contributed by atoms with Crippen LogP contribution < -0.4 is 10.6 Å². The lowest BCUT2D eigenvalue weighted by molar-refractivity contribution is -0.129. The first-order valence-electron chi connectivity index (χ1n) is 12.7. The summed E-state index contributed by atoms with van der Waals surface area (Å²) >= 11 is 1.77.